The molecule has 1 aromatic rings. The molecule has 0 N–H and O–H groups in total. The summed E-state index contributed by atoms with van der Waals surface area (Å²) in [5.74, 6) is 0.874. The summed E-state index contributed by atoms with van der Waals surface area (Å²) in [6.45, 7) is 0. The minimum atomic E-state index is -0.481. The van der Waals surface area contributed by atoms with Gasteiger partial charge in [0.2, 0.25) is 0 Å². The van der Waals surface area contributed by atoms with Crippen molar-refractivity contribution in [1.82, 2.24) is 0 Å². The molecule has 100 valence electrons. The fraction of sp³-hybridized carbons (Fsp3) is 0.500. The zero-order valence-electron chi connectivity index (χ0n) is 10.5. The van der Waals surface area contributed by atoms with Crippen LogP contribution in [0.25, 0.3) is 0 Å². The van der Waals surface area contributed by atoms with Crippen LogP contribution in [0.5, 0.6) is 0 Å². The third kappa shape index (κ3) is 2.32. The van der Waals surface area contributed by atoms with Crippen LogP contribution in [0.1, 0.15) is 36.0 Å². The van der Waals surface area contributed by atoms with Gasteiger partial charge in [-0.05, 0) is 49.7 Å². The third-order valence-electron chi connectivity index (χ3n) is 4.25. The lowest BCUT2D eigenvalue weighted by molar-refractivity contribution is -0.384. The Hall–Kier alpha value is -1.91. The molecule has 0 saturated heterocycles. The van der Waals surface area contributed by atoms with E-state index in [9.17, 15) is 14.9 Å². The van der Waals surface area contributed by atoms with E-state index in [-0.39, 0.29) is 17.8 Å². The van der Waals surface area contributed by atoms with Crippen LogP contribution in [0.15, 0.2) is 24.3 Å². The van der Waals surface area contributed by atoms with Crippen LogP contribution in [0.4, 0.5) is 5.69 Å². The molecule has 0 aromatic heterocycles. The van der Waals surface area contributed by atoms with E-state index in [1.807, 2.05) is 0 Å². The molecular formula is C14H15NO4. The number of carbonyl (C=O) groups excluding carboxylic acids is 1. The number of nitrogens with zero attached hydrogens (tertiary/aromatic N) is 1. The van der Waals surface area contributed by atoms with Crippen molar-refractivity contribution < 1.29 is 14.5 Å². The molecule has 2 aliphatic carbocycles. The molecular weight excluding hydrogens is 246 g/mol. The minimum Gasteiger partial charge on any atom is -0.458 e. The van der Waals surface area contributed by atoms with Gasteiger partial charge in [-0.25, -0.2) is 4.79 Å². The van der Waals surface area contributed by atoms with Gasteiger partial charge in [0.05, 0.1) is 10.5 Å². The van der Waals surface area contributed by atoms with E-state index in [1.165, 1.54) is 37.1 Å². The standard InChI is InChI=1S/C14H15NO4/c16-14(10-3-5-12(6-4-10)15(17)18)19-13-8-9-1-2-11(13)7-9/h3-6,9,11,13H,1-2,7-8H2/t9-,11+,13+/m0/s1. The summed E-state index contributed by atoms with van der Waals surface area (Å²) >= 11 is 0. The van der Waals surface area contributed by atoms with E-state index >= 15 is 0 Å². The van der Waals surface area contributed by atoms with Gasteiger partial charge in [0.15, 0.2) is 0 Å². The molecule has 3 atom stereocenters. The highest BCUT2D eigenvalue weighted by molar-refractivity contribution is 5.89. The summed E-state index contributed by atoms with van der Waals surface area (Å²) in [4.78, 5) is 22.0. The maximum Gasteiger partial charge on any atom is 0.338 e. The van der Waals surface area contributed by atoms with Gasteiger partial charge < -0.3 is 4.74 Å². The third-order valence-corrected chi connectivity index (χ3v) is 4.25. The summed E-state index contributed by atoms with van der Waals surface area (Å²) in [5, 5.41) is 10.5. The average molecular weight is 261 g/mol. The highest BCUT2D eigenvalue weighted by atomic mass is 16.6. The monoisotopic (exact) mass is 261 g/mol. The van der Waals surface area contributed by atoms with E-state index in [0.29, 0.717) is 11.5 Å². The number of benzene rings is 1. The SMILES string of the molecule is O=C(O[C@@H]1C[C@H]2CC[C@@H]1C2)c1ccc([N+](=O)[O-])cc1. The fourth-order valence-corrected chi connectivity index (χ4v) is 3.26. The topological polar surface area (TPSA) is 69.4 Å². The van der Waals surface area contributed by atoms with Gasteiger partial charge in [-0.15, -0.1) is 0 Å². The molecule has 2 fully saturated rings. The molecule has 2 aliphatic rings. The largest absolute Gasteiger partial charge is 0.458 e. The van der Waals surface area contributed by atoms with Crippen LogP contribution in [0.2, 0.25) is 0 Å². The molecule has 5 heteroatoms. The molecule has 19 heavy (non-hydrogen) atoms. The molecule has 5 nitrogen and oxygen atoms in total. The number of nitro groups is 1. The van der Waals surface area contributed by atoms with Crippen molar-refractivity contribution >= 4 is 11.7 Å². The second-order valence-electron chi connectivity index (χ2n) is 5.42. The number of nitro benzene ring substituents is 1. The Morgan fingerprint density at radius 1 is 1.21 bits per heavy atom. The number of ether oxygens (including phenoxy) is 1. The number of carbonyl (C=O) groups is 1. The smallest absolute Gasteiger partial charge is 0.338 e. The van der Waals surface area contributed by atoms with Gasteiger partial charge in [0.25, 0.3) is 5.69 Å². The molecule has 2 bridgehead atoms. The fourth-order valence-electron chi connectivity index (χ4n) is 3.26. The molecule has 1 aromatic carbocycles. The molecule has 0 amide bonds. The van der Waals surface area contributed by atoms with Gasteiger partial charge in [0, 0.05) is 12.1 Å². The molecule has 0 aliphatic heterocycles. The number of fused-ring (bicyclic) bond motifs is 2. The first-order valence-electron chi connectivity index (χ1n) is 6.59. The van der Waals surface area contributed by atoms with E-state index in [0.717, 1.165) is 18.8 Å². The van der Waals surface area contributed by atoms with E-state index < -0.39 is 4.92 Å². The number of hydrogen-bond donors (Lipinski definition) is 0. The Bertz CT molecular complexity index is 511. The first-order chi connectivity index (χ1) is 9.13. The lowest BCUT2D eigenvalue weighted by atomic mass is 9.98. The Morgan fingerprint density at radius 3 is 2.47 bits per heavy atom. The van der Waals surface area contributed by atoms with Crippen LogP contribution in [-0.4, -0.2) is 17.0 Å². The zero-order valence-corrected chi connectivity index (χ0v) is 10.5. The number of non-ortho nitro benzene ring substituents is 1. The Morgan fingerprint density at radius 2 is 1.95 bits per heavy atom. The Kier molecular flexibility index (Phi) is 2.97. The predicted molar refractivity (Wildman–Crippen MR) is 67.7 cm³/mol. The van der Waals surface area contributed by atoms with Crippen LogP contribution >= 0.6 is 0 Å². The lowest BCUT2D eigenvalue weighted by Crippen LogP contribution is -2.24. The van der Waals surface area contributed by atoms with Gasteiger partial charge >= 0.3 is 5.97 Å². The molecule has 0 unspecified atom stereocenters. The molecule has 0 heterocycles. The average Bonchev–Trinajstić information content (AvgIpc) is 3.01. The molecule has 3 rings (SSSR count). The first-order valence-corrected chi connectivity index (χ1v) is 6.59. The summed E-state index contributed by atoms with van der Waals surface area (Å²) in [6.07, 6.45) is 4.61. The zero-order chi connectivity index (χ0) is 13.4. The van der Waals surface area contributed by atoms with Crippen molar-refractivity contribution in [3.63, 3.8) is 0 Å². The summed E-state index contributed by atoms with van der Waals surface area (Å²) in [6, 6.07) is 5.57. The minimum absolute atomic E-state index is 0.0172. The van der Waals surface area contributed by atoms with Crippen molar-refractivity contribution in [1.29, 1.82) is 0 Å². The quantitative estimate of drug-likeness (QED) is 0.476. The first kappa shape index (κ1) is 12.1. The maximum absolute atomic E-state index is 12.0. The van der Waals surface area contributed by atoms with Crippen LogP contribution in [0, 0.1) is 22.0 Å². The van der Waals surface area contributed by atoms with Crippen molar-refractivity contribution in [2.45, 2.75) is 31.8 Å². The van der Waals surface area contributed by atoms with E-state index in [1.54, 1.807) is 0 Å². The van der Waals surface area contributed by atoms with Gasteiger partial charge in [0.1, 0.15) is 6.10 Å². The van der Waals surface area contributed by atoms with Crippen molar-refractivity contribution in [3.8, 4) is 0 Å². The highest BCUT2D eigenvalue weighted by Crippen LogP contribution is 2.46. The number of esters is 1. The normalized spacial score (nSPS) is 28.3. The second kappa shape index (κ2) is 4.64. The van der Waals surface area contributed by atoms with Crippen molar-refractivity contribution in [2.75, 3.05) is 0 Å². The van der Waals surface area contributed by atoms with Crippen LogP contribution in [0.3, 0.4) is 0 Å². The second-order valence-corrected chi connectivity index (χ2v) is 5.42. The molecule has 0 spiro atoms. The molecule has 2 saturated carbocycles. The summed E-state index contributed by atoms with van der Waals surface area (Å²) in [5.41, 5.74) is 0.366. The van der Waals surface area contributed by atoms with Crippen molar-refractivity contribution in [2.24, 2.45) is 11.8 Å². The lowest BCUT2D eigenvalue weighted by Gasteiger charge is -2.21. The summed E-state index contributed by atoms with van der Waals surface area (Å²) < 4.78 is 5.52. The van der Waals surface area contributed by atoms with Crippen LogP contribution in [-0.2, 0) is 4.74 Å². The van der Waals surface area contributed by atoms with Crippen LogP contribution < -0.4 is 0 Å². The number of hydrogen-bond acceptors (Lipinski definition) is 4. The van der Waals surface area contributed by atoms with Gasteiger partial charge in [-0.2, -0.15) is 0 Å². The van der Waals surface area contributed by atoms with E-state index in [4.69, 9.17) is 4.74 Å². The predicted octanol–water partition coefficient (Wildman–Crippen LogP) is 2.94. The number of rotatable bonds is 3. The molecule has 0 radical (unpaired) electrons. The summed E-state index contributed by atoms with van der Waals surface area (Å²) in [7, 11) is 0. The van der Waals surface area contributed by atoms with Gasteiger partial charge in [-0.3, -0.25) is 10.1 Å². The van der Waals surface area contributed by atoms with Gasteiger partial charge in [-0.1, -0.05) is 0 Å². The van der Waals surface area contributed by atoms with E-state index in [2.05, 4.69) is 0 Å². The maximum atomic E-state index is 12.0. The Labute approximate surface area is 110 Å². The van der Waals surface area contributed by atoms with Crippen molar-refractivity contribution in [3.05, 3.63) is 39.9 Å². The Balaban J connectivity index is 1.65. The highest BCUT2D eigenvalue weighted by Gasteiger charge is 2.41.